The minimum atomic E-state index is -0.229. The second-order valence-electron chi connectivity index (χ2n) is 23.0. The van der Waals surface area contributed by atoms with Crippen molar-refractivity contribution in [3.05, 3.63) is 191 Å². The molecule has 9 aromatic rings. The van der Waals surface area contributed by atoms with Crippen LogP contribution in [-0.4, -0.2) is 16.2 Å². The topological polar surface area (TPSA) is 33.5 Å². The van der Waals surface area contributed by atoms with Crippen molar-refractivity contribution in [2.24, 2.45) is 0 Å². The number of aromatic nitrogens is 2. The van der Waals surface area contributed by atoms with Gasteiger partial charge in [-0.15, -0.1) is 0 Å². The van der Waals surface area contributed by atoms with Gasteiger partial charge in [0, 0.05) is 40.5 Å². The molecule has 3 heterocycles. The number of hydrogen-bond acceptors (Lipinski definition) is 4. The summed E-state index contributed by atoms with van der Waals surface area (Å²) in [7, 11) is 0. The number of para-hydroxylation sites is 1. The summed E-state index contributed by atoms with van der Waals surface area (Å²) < 4.78 is 23.7. The van der Waals surface area contributed by atoms with Gasteiger partial charge in [-0.3, -0.25) is 4.57 Å². The molecular formula is C66H69FN4O. The van der Waals surface area contributed by atoms with Gasteiger partial charge in [-0.2, -0.15) is 0 Å². The predicted octanol–water partition coefficient (Wildman–Crippen LogP) is 19.0. The lowest BCUT2D eigenvalue weighted by Crippen LogP contribution is -2.26. The first-order valence-electron chi connectivity index (χ1n) is 25.8. The van der Waals surface area contributed by atoms with E-state index in [0.717, 1.165) is 61.8 Å². The van der Waals surface area contributed by atoms with Gasteiger partial charge in [0.15, 0.2) is 0 Å². The maximum atomic E-state index is 14.2. The molecule has 0 aliphatic carbocycles. The molecule has 0 atom stereocenters. The van der Waals surface area contributed by atoms with Gasteiger partial charge in [-0.05, 0) is 170 Å². The molecule has 0 saturated carbocycles. The fraction of sp³-hybridized carbons (Fsp3) is 0.288. The zero-order chi connectivity index (χ0) is 51.0. The van der Waals surface area contributed by atoms with Crippen LogP contribution in [0.2, 0.25) is 0 Å². The number of benzene rings is 7. The predicted molar refractivity (Wildman–Crippen MR) is 302 cm³/mol. The molecule has 0 amide bonds. The quantitative estimate of drug-likeness (QED) is 0.137. The minimum absolute atomic E-state index is 0.156. The molecule has 1 aliphatic heterocycles. The average Bonchev–Trinajstić information content (AvgIpc) is 3.88. The van der Waals surface area contributed by atoms with Crippen molar-refractivity contribution in [3.8, 4) is 39.6 Å². The first kappa shape index (κ1) is 48.4. The van der Waals surface area contributed by atoms with Crippen molar-refractivity contribution >= 4 is 44.6 Å². The Morgan fingerprint density at radius 2 is 1.19 bits per heavy atom. The monoisotopic (exact) mass is 953 g/mol. The Labute approximate surface area is 427 Å². The van der Waals surface area contributed by atoms with Gasteiger partial charge in [0.05, 0.1) is 22.4 Å². The molecule has 10 rings (SSSR count). The fourth-order valence-electron chi connectivity index (χ4n) is 10.8. The Morgan fingerprint density at radius 1 is 0.542 bits per heavy atom. The molecule has 72 heavy (non-hydrogen) atoms. The largest absolute Gasteiger partial charge is 0.457 e. The summed E-state index contributed by atoms with van der Waals surface area (Å²) in [6, 6.07) is 51.3. The summed E-state index contributed by atoms with van der Waals surface area (Å²) in [4.78, 5) is 9.83. The molecule has 6 heteroatoms. The maximum Gasteiger partial charge on any atom is 0.137 e. The molecule has 0 N–H and O–H groups in total. The van der Waals surface area contributed by atoms with Crippen LogP contribution in [0, 0.1) is 12.7 Å². The molecule has 0 radical (unpaired) electrons. The van der Waals surface area contributed by atoms with Crippen LogP contribution < -0.4 is 14.5 Å². The summed E-state index contributed by atoms with van der Waals surface area (Å²) in [6.07, 6.45) is 1.85. The third-order valence-corrected chi connectivity index (χ3v) is 14.6. The second kappa shape index (κ2) is 18.5. The van der Waals surface area contributed by atoms with E-state index >= 15 is 0 Å². The Morgan fingerprint density at radius 3 is 1.82 bits per heavy atom. The number of ether oxygens (including phenoxy) is 1. The second-order valence-corrected chi connectivity index (χ2v) is 23.0. The molecule has 2 aromatic heterocycles. The van der Waals surface area contributed by atoms with E-state index in [1.165, 1.54) is 55.7 Å². The van der Waals surface area contributed by atoms with Gasteiger partial charge in [0.2, 0.25) is 0 Å². The standard InChI is InChI=1S/C66H69FN4O/c1-40(2)45-35-56(65(8,9)10)63(57(36-45)66(11,12)13)47-31-49(37-51(32-47)72-50-26-27-53-52-18-14-15-19-58(52)71(60(53)38-50)62-20-16-17-29-68-62)69-39-70(61-30-43(7)21-28-59(61)69)64-54(41(3)4)33-46(34-55(64)42(5)6)44-22-24-48(67)25-23-44/h14-38,40-42H,39H2,1-13H3. The van der Waals surface area contributed by atoms with Crippen LogP contribution in [0.4, 0.5) is 27.1 Å². The third kappa shape index (κ3) is 8.95. The van der Waals surface area contributed by atoms with Gasteiger partial charge in [0.1, 0.15) is 29.8 Å². The first-order valence-corrected chi connectivity index (χ1v) is 25.8. The number of hydrogen-bond donors (Lipinski definition) is 0. The third-order valence-electron chi connectivity index (χ3n) is 14.6. The van der Waals surface area contributed by atoms with E-state index in [0.29, 0.717) is 12.6 Å². The van der Waals surface area contributed by atoms with E-state index in [4.69, 9.17) is 9.72 Å². The molecule has 366 valence electrons. The molecule has 7 aromatic carbocycles. The smallest absolute Gasteiger partial charge is 0.137 e. The van der Waals surface area contributed by atoms with Crippen molar-refractivity contribution in [1.82, 2.24) is 9.55 Å². The lowest BCUT2D eigenvalue weighted by molar-refractivity contribution is 0.483. The number of nitrogens with zero attached hydrogens (tertiary/aromatic N) is 4. The molecule has 0 spiro atoms. The maximum absolute atomic E-state index is 14.2. The van der Waals surface area contributed by atoms with E-state index in [-0.39, 0.29) is 28.5 Å². The van der Waals surface area contributed by atoms with Crippen LogP contribution in [0.25, 0.3) is 49.9 Å². The molecule has 0 unspecified atom stereocenters. The Bertz CT molecular complexity index is 3430. The van der Waals surface area contributed by atoms with Crippen molar-refractivity contribution in [1.29, 1.82) is 0 Å². The van der Waals surface area contributed by atoms with Crippen molar-refractivity contribution in [2.75, 3.05) is 16.5 Å². The van der Waals surface area contributed by atoms with E-state index in [1.807, 2.05) is 30.5 Å². The Kier molecular flexibility index (Phi) is 12.4. The normalized spacial score (nSPS) is 13.1. The molecule has 0 bridgehead atoms. The fourth-order valence-corrected chi connectivity index (χ4v) is 10.8. The summed E-state index contributed by atoms with van der Waals surface area (Å²) in [5.74, 6) is 2.95. The lowest BCUT2D eigenvalue weighted by Gasteiger charge is -2.33. The summed E-state index contributed by atoms with van der Waals surface area (Å²) in [6.45, 7) is 30.6. The highest BCUT2D eigenvalue weighted by atomic mass is 19.1. The molecule has 1 aliphatic rings. The van der Waals surface area contributed by atoms with E-state index in [2.05, 4.69) is 214 Å². The van der Waals surface area contributed by atoms with Crippen LogP contribution in [0.5, 0.6) is 11.5 Å². The van der Waals surface area contributed by atoms with Gasteiger partial charge >= 0.3 is 0 Å². The van der Waals surface area contributed by atoms with Crippen molar-refractivity contribution in [2.45, 2.75) is 119 Å². The van der Waals surface area contributed by atoms with E-state index in [9.17, 15) is 4.39 Å². The molecular weight excluding hydrogens is 884 g/mol. The zero-order valence-corrected chi connectivity index (χ0v) is 44.4. The number of aryl methyl sites for hydroxylation is 1. The highest BCUT2D eigenvalue weighted by Crippen LogP contribution is 2.52. The van der Waals surface area contributed by atoms with Crippen LogP contribution in [0.3, 0.4) is 0 Å². The minimum Gasteiger partial charge on any atom is -0.457 e. The van der Waals surface area contributed by atoms with Crippen LogP contribution >= 0.6 is 0 Å². The van der Waals surface area contributed by atoms with Gasteiger partial charge in [-0.1, -0.05) is 138 Å². The molecule has 0 fully saturated rings. The van der Waals surface area contributed by atoms with Crippen LogP contribution in [0.15, 0.2) is 152 Å². The van der Waals surface area contributed by atoms with Crippen molar-refractivity contribution < 1.29 is 9.13 Å². The Hall–Kier alpha value is -7.18. The van der Waals surface area contributed by atoms with E-state index < -0.39 is 0 Å². The number of rotatable bonds is 10. The number of anilines is 4. The van der Waals surface area contributed by atoms with Crippen LogP contribution in [0.1, 0.15) is 134 Å². The number of fused-ring (bicyclic) bond motifs is 4. The first-order chi connectivity index (χ1) is 34.2. The summed E-state index contributed by atoms with van der Waals surface area (Å²) >= 11 is 0. The SMILES string of the molecule is Cc1ccc2c(c1)N(c1c(C(C)C)cc(-c3ccc(F)cc3)cc1C(C)C)CN2c1cc(Oc2ccc3c4ccccc4n(-c4ccccn4)c3c2)cc(-c2c(C(C)(C)C)cc(C(C)C)cc2C(C)(C)C)c1. The Balaban J connectivity index is 1.19. The van der Waals surface area contributed by atoms with Crippen LogP contribution in [-0.2, 0) is 10.8 Å². The summed E-state index contributed by atoms with van der Waals surface area (Å²) in [5.41, 5.74) is 18.6. The van der Waals surface area contributed by atoms with Crippen molar-refractivity contribution in [3.63, 3.8) is 0 Å². The van der Waals surface area contributed by atoms with Gasteiger partial charge in [0.25, 0.3) is 0 Å². The molecule has 0 saturated heterocycles. The highest BCUT2D eigenvalue weighted by molar-refractivity contribution is 6.09. The zero-order valence-electron chi connectivity index (χ0n) is 44.4. The number of pyridine rings is 1. The molecule has 5 nitrogen and oxygen atoms in total. The lowest BCUT2D eigenvalue weighted by atomic mass is 9.72. The van der Waals surface area contributed by atoms with Gasteiger partial charge in [-0.25, -0.2) is 9.37 Å². The number of halogens is 1. The summed E-state index contributed by atoms with van der Waals surface area (Å²) in [5, 5.41) is 2.31. The van der Waals surface area contributed by atoms with E-state index in [1.54, 1.807) is 12.1 Å². The highest BCUT2D eigenvalue weighted by Gasteiger charge is 2.34. The van der Waals surface area contributed by atoms with Gasteiger partial charge < -0.3 is 14.5 Å². The average molecular weight is 953 g/mol.